The number of piperazine rings is 1. The number of rotatable bonds is 5. The van der Waals surface area contributed by atoms with Crippen LogP contribution in [-0.2, 0) is 6.54 Å². The quantitative estimate of drug-likeness (QED) is 0.591. The van der Waals surface area contributed by atoms with E-state index in [0.717, 1.165) is 44.2 Å². The van der Waals surface area contributed by atoms with E-state index in [0.29, 0.717) is 12.1 Å². The van der Waals surface area contributed by atoms with Crippen molar-refractivity contribution in [1.82, 2.24) is 15.5 Å². The van der Waals surface area contributed by atoms with Crippen molar-refractivity contribution >= 4 is 17.6 Å². The van der Waals surface area contributed by atoms with E-state index in [1.807, 2.05) is 24.3 Å². The maximum atomic E-state index is 11.9. The largest absolute Gasteiger partial charge is 0.368 e. The van der Waals surface area contributed by atoms with Gasteiger partial charge >= 0.3 is 0 Å². The van der Waals surface area contributed by atoms with Gasteiger partial charge in [0.25, 0.3) is 5.91 Å². The number of benzene rings is 2. The summed E-state index contributed by atoms with van der Waals surface area (Å²) in [5, 5.41) is 6.09. The Morgan fingerprint density at radius 3 is 2.50 bits per heavy atom. The third-order valence-electron chi connectivity index (χ3n) is 5.66. The van der Waals surface area contributed by atoms with Crippen molar-refractivity contribution in [3.05, 3.63) is 64.7 Å². The van der Waals surface area contributed by atoms with Crippen molar-refractivity contribution in [3.63, 3.8) is 0 Å². The van der Waals surface area contributed by atoms with Gasteiger partial charge in [-0.15, -0.1) is 0 Å². The molecule has 0 aliphatic carbocycles. The third kappa shape index (κ3) is 5.12. The predicted molar refractivity (Wildman–Crippen MR) is 124 cm³/mol. The molecule has 0 unspecified atom stereocenters. The summed E-state index contributed by atoms with van der Waals surface area (Å²) >= 11 is 0. The van der Waals surface area contributed by atoms with E-state index in [9.17, 15) is 4.79 Å². The third-order valence-corrected chi connectivity index (χ3v) is 5.66. The molecular weight excluding hydrogens is 374 g/mol. The Hall–Kier alpha value is -3.02. The highest BCUT2D eigenvalue weighted by molar-refractivity contribution is 5.94. The van der Waals surface area contributed by atoms with Crippen LogP contribution in [0.4, 0.5) is 5.69 Å². The number of aryl methyl sites for hydroxylation is 1. The van der Waals surface area contributed by atoms with E-state index >= 15 is 0 Å². The first kappa shape index (κ1) is 21.7. The Kier molecular flexibility index (Phi) is 7.33. The lowest BCUT2D eigenvalue weighted by Crippen LogP contribution is -2.52. The van der Waals surface area contributed by atoms with Gasteiger partial charge in [-0.25, -0.2) is 4.99 Å². The zero-order chi connectivity index (χ0) is 21.5. The molecule has 1 heterocycles. The molecule has 3 rings (SSSR count). The smallest absolute Gasteiger partial charge is 0.251 e. The number of carbonyl (C=O) groups is 1. The molecular formula is C24H33N5O. The molecule has 1 aliphatic heterocycles. The van der Waals surface area contributed by atoms with Crippen LogP contribution < -0.4 is 15.5 Å². The lowest BCUT2D eigenvalue weighted by molar-refractivity contribution is 0.0963. The van der Waals surface area contributed by atoms with Crippen LogP contribution in [-0.4, -0.2) is 56.5 Å². The lowest BCUT2D eigenvalue weighted by atomic mass is 10.1. The van der Waals surface area contributed by atoms with E-state index in [1.165, 1.54) is 16.8 Å². The van der Waals surface area contributed by atoms with Gasteiger partial charge in [-0.3, -0.25) is 4.79 Å². The average molecular weight is 408 g/mol. The van der Waals surface area contributed by atoms with Crippen molar-refractivity contribution in [2.45, 2.75) is 27.3 Å². The molecule has 1 saturated heterocycles. The van der Waals surface area contributed by atoms with Crippen molar-refractivity contribution < 1.29 is 4.79 Å². The zero-order valence-corrected chi connectivity index (χ0v) is 18.5. The summed E-state index contributed by atoms with van der Waals surface area (Å²) in [6.45, 7) is 11.6. The van der Waals surface area contributed by atoms with Crippen LogP contribution in [0.2, 0.25) is 0 Å². The van der Waals surface area contributed by atoms with Crippen LogP contribution in [0, 0.1) is 13.8 Å². The van der Waals surface area contributed by atoms with E-state index in [-0.39, 0.29) is 5.91 Å². The first-order chi connectivity index (χ1) is 14.5. The number of guanidine groups is 1. The van der Waals surface area contributed by atoms with Crippen LogP contribution in [0.25, 0.3) is 0 Å². The van der Waals surface area contributed by atoms with E-state index in [4.69, 9.17) is 4.99 Å². The number of carbonyl (C=O) groups excluding carboxylic acids is 1. The number of nitrogens with zero attached hydrogens (tertiary/aromatic N) is 3. The van der Waals surface area contributed by atoms with Gasteiger partial charge in [0, 0.05) is 51.0 Å². The fraction of sp³-hybridized carbons (Fsp3) is 0.417. The SMILES string of the molecule is CCNC(=NCc1cccc(C(=O)NC)c1)N1CCN(c2cccc(C)c2C)CC1. The van der Waals surface area contributed by atoms with Gasteiger partial charge in [-0.2, -0.15) is 0 Å². The van der Waals surface area contributed by atoms with Crippen molar-refractivity contribution in [2.24, 2.45) is 4.99 Å². The van der Waals surface area contributed by atoms with E-state index in [2.05, 4.69) is 59.4 Å². The molecule has 6 heteroatoms. The van der Waals surface area contributed by atoms with Gasteiger partial charge < -0.3 is 20.4 Å². The first-order valence-electron chi connectivity index (χ1n) is 10.7. The monoisotopic (exact) mass is 407 g/mol. The van der Waals surface area contributed by atoms with Gasteiger partial charge in [0.1, 0.15) is 0 Å². The lowest BCUT2D eigenvalue weighted by Gasteiger charge is -2.38. The maximum absolute atomic E-state index is 11.9. The second-order valence-corrected chi connectivity index (χ2v) is 7.64. The van der Waals surface area contributed by atoms with E-state index in [1.54, 1.807) is 7.05 Å². The second kappa shape index (κ2) is 10.1. The molecule has 1 aliphatic rings. The highest BCUT2D eigenvalue weighted by Crippen LogP contribution is 2.23. The van der Waals surface area contributed by atoms with Gasteiger partial charge in [0.15, 0.2) is 5.96 Å². The molecule has 1 amide bonds. The molecule has 6 nitrogen and oxygen atoms in total. The summed E-state index contributed by atoms with van der Waals surface area (Å²) in [6.07, 6.45) is 0. The van der Waals surface area contributed by atoms with Crippen molar-refractivity contribution in [2.75, 3.05) is 44.7 Å². The van der Waals surface area contributed by atoms with Crippen LogP contribution in [0.15, 0.2) is 47.5 Å². The Balaban J connectivity index is 1.67. The maximum Gasteiger partial charge on any atom is 0.251 e. The normalized spacial score (nSPS) is 14.6. The molecule has 0 bridgehead atoms. The first-order valence-corrected chi connectivity index (χ1v) is 10.7. The van der Waals surface area contributed by atoms with Crippen LogP contribution in [0.3, 0.4) is 0 Å². The average Bonchev–Trinajstić information content (AvgIpc) is 2.78. The molecule has 2 aromatic rings. The number of aliphatic imine (C=N–C) groups is 1. The zero-order valence-electron chi connectivity index (χ0n) is 18.5. The number of anilines is 1. The highest BCUT2D eigenvalue weighted by atomic mass is 16.1. The molecule has 1 fully saturated rings. The minimum atomic E-state index is -0.0738. The molecule has 0 radical (unpaired) electrons. The van der Waals surface area contributed by atoms with Gasteiger partial charge in [-0.1, -0.05) is 24.3 Å². The number of amides is 1. The topological polar surface area (TPSA) is 60.0 Å². The second-order valence-electron chi connectivity index (χ2n) is 7.64. The fourth-order valence-electron chi connectivity index (χ4n) is 3.78. The molecule has 2 aromatic carbocycles. The van der Waals surface area contributed by atoms with Crippen LogP contribution >= 0.6 is 0 Å². The Morgan fingerprint density at radius 2 is 1.80 bits per heavy atom. The summed E-state index contributed by atoms with van der Waals surface area (Å²) in [5.74, 6) is 0.860. The standard InChI is InChI=1S/C24H33N5O/c1-5-26-24(27-17-20-9-7-10-21(16-20)23(30)25-4)29-14-12-28(13-15-29)22-11-6-8-18(2)19(22)3/h6-11,16H,5,12-15,17H2,1-4H3,(H,25,30)(H,26,27). The molecule has 0 aromatic heterocycles. The summed E-state index contributed by atoms with van der Waals surface area (Å²) in [6, 6.07) is 14.2. The summed E-state index contributed by atoms with van der Waals surface area (Å²) in [5.41, 5.74) is 5.73. The Labute approximate surface area is 180 Å². The van der Waals surface area contributed by atoms with Crippen molar-refractivity contribution in [1.29, 1.82) is 0 Å². The number of nitrogens with one attached hydrogen (secondary N) is 2. The van der Waals surface area contributed by atoms with Crippen LogP contribution in [0.5, 0.6) is 0 Å². The minimum absolute atomic E-state index is 0.0738. The highest BCUT2D eigenvalue weighted by Gasteiger charge is 2.21. The predicted octanol–water partition coefficient (Wildman–Crippen LogP) is 2.95. The number of hydrogen-bond donors (Lipinski definition) is 2. The van der Waals surface area contributed by atoms with E-state index < -0.39 is 0 Å². The molecule has 0 spiro atoms. The van der Waals surface area contributed by atoms with Crippen LogP contribution in [0.1, 0.15) is 34.0 Å². The summed E-state index contributed by atoms with van der Waals surface area (Å²) in [7, 11) is 1.65. The van der Waals surface area contributed by atoms with Gasteiger partial charge in [0.05, 0.1) is 6.54 Å². The molecule has 160 valence electrons. The molecule has 0 atom stereocenters. The van der Waals surface area contributed by atoms with Crippen molar-refractivity contribution in [3.8, 4) is 0 Å². The summed E-state index contributed by atoms with van der Waals surface area (Å²) < 4.78 is 0. The minimum Gasteiger partial charge on any atom is -0.368 e. The fourth-order valence-corrected chi connectivity index (χ4v) is 3.78. The Morgan fingerprint density at radius 1 is 1.07 bits per heavy atom. The van der Waals surface area contributed by atoms with Gasteiger partial charge in [-0.05, 0) is 55.7 Å². The molecule has 0 saturated carbocycles. The van der Waals surface area contributed by atoms with Gasteiger partial charge in [0.2, 0.25) is 0 Å². The number of hydrogen-bond acceptors (Lipinski definition) is 3. The summed E-state index contributed by atoms with van der Waals surface area (Å²) in [4.78, 5) is 21.5. The Bertz CT molecular complexity index is 900. The molecule has 30 heavy (non-hydrogen) atoms. The molecule has 2 N–H and O–H groups in total.